The van der Waals surface area contributed by atoms with E-state index in [0.717, 1.165) is 23.9 Å². The number of imidazole rings is 1. The summed E-state index contributed by atoms with van der Waals surface area (Å²) < 4.78 is 0. The largest absolute Gasteiger partial charge is 0.343 e. The third kappa shape index (κ3) is 0.963. The zero-order valence-electron chi connectivity index (χ0n) is 7.38. The van der Waals surface area contributed by atoms with E-state index < -0.39 is 0 Å². The summed E-state index contributed by atoms with van der Waals surface area (Å²) in [5.41, 5.74) is 4.82. The molecule has 0 fully saturated rings. The Labute approximate surface area is 76.2 Å². The van der Waals surface area contributed by atoms with Crippen molar-refractivity contribution in [3.8, 4) is 0 Å². The minimum Gasteiger partial charge on any atom is -0.343 e. The van der Waals surface area contributed by atoms with Crippen LogP contribution in [0.25, 0.3) is 11.0 Å². The van der Waals surface area contributed by atoms with Gasteiger partial charge in [0, 0.05) is 11.3 Å². The van der Waals surface area contributed by atoms with Crippen molar-refractivity contribution in [1.82, 2.24) is 15.0 Å². The van der Waals surface area contributed by atoms with Crippen LogP contribution < -0.4 is 0 Å². The third-order valence-corrected chi connectivity index (χ3v) is 2.74. The van der Waals surface area contributed by atoms with E-state index in [1.807, 2.05) is 6.20 Å². The lowest BCUT2D eigenvalue weighted by atomic mass is 9.95. The van der Waals surface area contributed by atoms with Crippen LogP contribution in [0.1, 0.15) is 24.1 Å². The molecule has 0 radical (unpaired) electrons. The molecule has 0 aromatic carbocycles. The average molecular weight is 173 g/mol. The molecule has 0 bridgehead atoms. The molecule has 1 N–H and O–H groups in total. The molecule has 0 aliphatic heterocycles. The van der Waals surface area contributed by atoms with Gasteiger partial charge in [-0.15, -0.1) is 0 Å². The lowest BCUT2D eigenvalue weighted by Crippen LogP contribution is -2.05. The lowest BCUT2D eigenvalue weighted by Gasteiger charge is -2.13. The summed E-state index contributed by atoms with van der Waals surface area (Å²) >= 11 is 0. The Hall–Kier alpha value is -1.38. The summed E-state index contributed by atoms with van der Waals surface area (Å²) in [6.45, 7) is 0. The van der Waals surface area contributed by atoms with E-state index in [-0.39, 0.29) is 0 Å². The van der Waals surface area contributed by atoms with Gasteiger partial charge < -0.3 is 4.98 Å². The molecule has 13 heavy (non-hydrogen) atoms. The molecule has 1 aliphatic carbocycles. The number of aromatic amines is 1. The molecule has 2 aromatic rings. The van der Waals surface area contributed by atoms with E-state index in [1.54, 1.807) is 6.33 Å². The van der Waals surface area contributed by atoms with Crippen LogP contribution in [0, 0.1) is 0 Å². The highest BCUT2D eigenvalue weighted by atomic mass is 14.9. The first-order valence-electron chi connectivity index (χ1n) is 4.75. The molecule has 3 heteroatoms. The van der Waals surface area contributed by atoms with Gasteiger partial charge >= 0.3 is 0 Å². The first-order valence-corrected chi connectivity index (χ1v) is 4.75. The van der Waals surface area contributed by atoms with Crippen molar-refractivity contribution in [2.24, 2.45) is 0 Å². The molecule has 0 saturated carbocycles. The SMILES string of the molecule is c1nc2c3c(ncc2[nH]1)CCCC3. The van der Waals surface area contributed by atoms with Crippen molar-refractivity contribution < 1.29 is 0 Å². The van der Waals surface area contributed by atoms with E-state index in [2.05, 4.69) is 15.0 Å². The van der Waals surface area contributed by atoms with E-state index in [4.69, 9.17) is 0 Å². The molecule has 0 spiro atoms. The Morgan fingerprint density at radius 3 is 3.08 bits per heavy atom. The molecule has 2 heterocycles. The van der Waals surface area contributed by atoms with E-state index >= 15 is 0 Å². The van der Waals surface area contributed by atoms with Gasteiger partial charge in [0.2, 0.25) is 0 Å². The molecule has 0 saturated heterocycles. The number of nitrogens with zero attached hydrogens (tertiary/aromatic N) is 2. The topological polar surface area (TPSA) is 41.6 Å². The second kappa shape index (κ2) is 2.55. The number of aromatic nitrogens is 3. The number of rotatable bonds is 0. The Bertz CT molecular complexity index is 444. The van der Waals surface area contributed by atoms with Crippen LogP contribution in [0.4, 0.5) is 0 Å². The van der Waals surface area contributed by atoms with Crippen LogP contribution in [0.3, 0.4) is 0 Å². The highest BCUT2D eigenvalue weighted by Crippen LogP contribution is 2.24. The Morgan fingerprint density at radius 1 is 1.15 bits per heavy atom. The maximum atomic E-state index is 4.45. The van der Waals surface area contributed by atoms with Crippen molar-refractivity contribution in [3.63, 3.8) is 0 Å². The first kappa shape index (κ1) is 7.06. The summed E-state index contributed by atoms with van der Waals surface area (Å²) in [4.78, 5) is 11.9. The minimum absolute atomic E-state index is 1.07. The molecule has 2 aromatic heterocycles. The fraction of sp³-hybridized carbons (Fsp3) is 0.400. The Kier molecular flexibility index (Phi) is 1.39. The van der Waals surface area contributed by atoms with Gasteiger partial charge in [-0.05, 0) is 25.7 Å². The Balaban J connectivity index is 2.34. The van der Waals surface area contributed by atoms with Gasteiger partial charge in [-0.25, -0.2) is 4.98 Å². The van der Waals surface area contributed by atoms with Crippen LogP contribution in [0.15, 0.2) is 12.5 Å². The second-order valence-electron chi connectivity index (χ2n) is 3.56. The van der Waals surface area contributed by atoms with Crippen LogP contribution in [0.5, 0.6) is 0 Å². The van der Waals surface area contributed by atoms with Crippen molar-refractivity contribution in [3.05, 3.63) is 23.8 Å². The zero-order valence-corrected chi connectivity index (χ0v) is 7.38. The van der Waals surface area contributed by atoms with Crippen molar-refractivity contribution in [2.75, 3.05) is 0 Å². The number of H-pyrrole nitrogens is 1. The smallest absolute Gasteiger partial charge is 0.0948 e. The van der Waals surface area contributed by atoms with Crippen molar-refractivity contribution in [2.45, 2.75) is 25.7 Å². The van der Waals surface area contributed by atoms with Crippen LogP contribution >= 0.6 is 0 Å². The average Bonchev–Trinajstić information content (AvgIpc) is 2.65. The van der Waals surface area contributed by atoms with Gasteiger partial charge in [-0.2, -0.15) is 0 Å². The van der Waals surface area contributed by atoms with Gasteiger partial charge in [-0.1, -0.05) is 0 Å². The fourth-order valence-corrected chi connectivity index (χ4v) is 2.07. The molecule has 66 valence electrons. The minimum atomic E-state index is 1.07. The van der Waals surface area contributed by atoms with Crippen LogP contribution in [0.2, 0.25) is 0 Å². The molecule has 3 rings (SSSR count). The summed E-state index contributed by atoms with van der Waals surface area (Å²) in [5.74, 6) is 0. The predicted molar refractivity (Wildman–Crippen MR) is 50.5 cm³/mol. The lowest BCUT2D eigenvalue weighted by molar-refractivity contribution is 0.672. The molecule has 3 nitrogen and oxygen atoms in total. The zero-order chi connectivity index (χ0) is 8.67. The molecular weight excluding hydrogens is 162 g/mol. The van der Waals surface area contributed by atoms with Gasteiger partial charge in [0.15, 0.2) is 0 Å². The quantitative estimate of drug-likeness (QED) is 0.660. The number of nitrogens with one attached hydrogen (secondary N) is 1. The Morgan fingerprint density at radius 2 is 2.08 bits per heavy atom. The molecular formula is C10H11N3. The highest BCUT2D eigenvalue weighted by Gasteiger charge is 2.14. The van der Waals surface area contributed by atoms with Crippen molar-refractivity contribution >= 4 is 11.0 Å². The van der Waals surface area contributed by atoms with Gasteiger partial charge in [-0.3, -0.25) is 4.98 Å². The third-order valence-electron chi connectivity index (χ3n) is 2.74. The molecule has 0 amide bonds. The van der Waals surface area contributed by atoms with E-state index in [1.165, 1.54) is 24.1 Å². The van der Waals surface area contributed by atoms with Crippen LogP contribution in [-0.4, -0.2) is 15.0 Å². The molecule has 0 unspecified atom stereocenters. The van der Waals surface area contributed by atoms with Gasteiger partial charge in [0.25, 0.3) is 0 Å². The normalized spacial score (nSPS) is 16.0. The number of aryl methyl sites for hydroxylation is 2. The highest BCUT2D eigenvalue weighted by molar-refractivity contribution is 5.78. The summed E-state index contributed by atoms with van der Waals surface area (Å²) in [6, 6.07) is 0. The summed E-state index contributed by atoms with van der Waals surface area (Å²) in [6.07, 6.45) is 8.47. The fourth-order valence-electron chi connectivity index (χ4n) is 2.07. The first-order chi connectivity index (χ1) is 6.45. The molecule has 1 aliphatic rings. The summed E-state index contributed by atoms with van der Waals surface area (Å²) in [7, 11) is 0. The number of hydrogen-bond donors (Lipinski definition) is 1. The predicted octanol–water partition coefficient (Wildman–Crippen LogP) is 1.84. The van der Waals surface area contributed by atoms with E-state index in [9.17, 15) is 0 Å². The number of hydrogen-bond acceptors (Lipinski definition) is 2. The monoisotopic (exact) mass is 173 g/mol. The number of fused-ring (bicyclic) bond motifs is 3. The van der Waals surface area contributed by atoms with Gasteiger partial charge in [0.05, 0.1) is 23.6 Å². The summed E-state index contributed by atoms with van der Waals surface area (Å²) in [5, 5.41) is 0. The maximum absolute atomic E-state index is 4.45. The van der Waals surface area contributed by atoms with Gasteiger partial charge in [0.1, 0.15) is 0 Å². The number of pyridine rings is 1. The van der Waals surface area contributed by atoms with Crippen molar-refractivity contribution in [1.29, 1.82) is 0 Å². The van der Waals surface area contributed by atoms with E-state index in [0.29, 0.717) is 0 Å². The molecule has 0 atom stereocenters. The second-order valence-corrected chi connectivity index (χ2v) is 3.56. The van der Waals surface area contributed by atoms with Crippen LogP contribution in [-0.2, 0) is 12.8 Å². The standard InChI is InChI=1S/C10H11N3/c1-2-4-8-7(3-1)10-9(5-11-8)12-6-13-10/h5-6H,1-4H2,(H,12,13). The maximum Gasteiger partial charge on any atom is 0.0948 e.